The predicted molar refractivity (Wildman–Crippen MR) is 91.2 cm³/mol. The maximum atomic E-state index is 12.2. The van der Waals surface area contributed by atoms with Crippen LogP contribution in [-0.2, 0) is 16.1 Å². The Labute approximate surface area is 139 Å². The van der Waals surface area contributed by atoms with E-state index in [-0.39, 0.29) is 17.7 Å². The van der Waals surface area contributed by atoms with Crippen LogP contribution in [0.2, 0.25) is 0 Å². The minimum Gasteiger partial charge on any atom is -0.355 e. The fraction of sp³-hybridized carbons (Fsp3) is 0.278. The minimum atomic E-state index is -0.0208. The second-order valence-electron chi connectivity index (χ2n) is 6.22. The van der Waals surface area contributed by atoms with Gasteiger partial charge in [-0.2, -0.15) is 0 Å². The molecule has 2 amide bonds. The molecule has 1 fully saturated rings. The van der Waals surface area contributed by atoms with Crippen LogP contribution in [0.15, 0.2) is 36.5 Å². The van der Waals surface area contributed by atoms with Crippen molar-refractivity contribution in [3.63, 3.8) is 0 Å². The largest absolute Gasteiger partial charge is 0.355 e. The molecule has 0 aliphatic carbocycles. The summed E-state index contributed by atoms with van der Waals surface area (Å²) in [5.74, 6) is 0.981. The molecule has 6 heteroatoms. The SMILES string of the molecule is CC(=O)N1Cc2cccnc2Nc2ccc(C3CNC(=O)C3)cc21. The lowest BCUT2D eigenvalue weighted by atomic mass is 9.97. The van der Waals surface area contributed by atoms with Crippen LogP contribution in [-0.4, -0.2) is 23.3 Å². The number of fused-ring (bicyclic) bond motifs is 2. The summed E-state index contributed by atoms with van der Waals surface area (Å²) in [5.41, 5.74) is 3.73. The lowest BCUT2D eigenvalue weighted by Gasteiger charge is -2.22. The first-order valence-corrected chi connectivity index (χ1v) is 8.01. The molecule has 1 aromatic heterocycles. The van der Waals surface area contributed by atoms with Crippen molar-refractivity contribution in [1.82, 2.24) is 10.3 Å². The maximum Gasteiger partial charge on any atom is 0.224 e. The normalized spacial score (nSPS) is 19.0. The van der Waals surface area contributed by atoms with Crippen LogP contribution in [0.3, 0.4) is 0 Å². The first-order valence-electron chi connectivity index (χ1n) is 8.01. The van der Waals surface area contributed by atoms with E-state index in [1.165, 1.54) is 0 Å². The Hall–Kier alpha value is -2.89. The third-order valence-corrected chi connectivity index (χ3v) is 4.61. The van der Waals surface area contributed by atoms with Crippen molar-refractivity contribution in [3.05, 3.63) is 47.7 Å². The van der Waals surface area contributed by atoms with Gasteiger partial charge in [-0.25, -0.2) is 4.98 Å². The standard InChI is InChI=1S/C18H18N4O2/c1-11(23)22-10-13-3-2-6-19-18(13)21-15-5-4-12(7-16(15)22)14-8-17(24)20-9-14/h2-7,14H,8-10H2,1H3,(H,19,21)(H,20,24). The molecular formula is C18H18N4O2. The third-order valence-electron chi connectivity index (χ3n) is 4.61. The van der Waals surface area contributed by atoms with Gasteiger partial charge in [0.2, 0.25) is 11.8 Å². The number of carbonyl (C=O) groups is 2. The Morgan fingerprint density at radius 2 is 2.21 bits per heavy atom. The molecule has 0 bridgehead atoms. The molecule has 0 saturated carbocycles. The number of rotatable bonds is 1. The van der Waals surface area contributed by atoms with Gasteiger partial charge >= 0.3 is 0 Å². The average molecular weight is 322 g/mol. The van der Waals surface area contributed by atoms with Crippen LogP contribution >= 0.6 is 0 Å². The van der Waals surface area contributed by atoms with Crippen LogP contribution in [0.5, 0.6) is 0 Å². The van der Waals surface area contributed by atoms with Crippen molar-refractivity contribution in [3.8, 4) is 0 Å². The lowest BCUT2D eigenvalue weighted by Crippen LogP contribution is -2.27. The highest BCUT2D eigenvalue weighted by atomic mass is 16.2. The van der Waals surface area contributed by atoms with Crippen LogP contribution in [0.1, 0.15) is 30.4 Å². The highest BCUT2D eigenvalue weighted by molar-refractivity contribution is 5.97. The molecule has 0 spiro atoms. The van der Waals surface area contributed by atoms with Gasteiger partial charge in [0.1, 0.15) is 5.82 Å². The number of benzene rings is 1. The number of anilines is 3. The fourth-order valence-corrected chi connectivity index (χ4v) is 3.32. The van der Waals surface area contributed by atoms with E-state index < -0.39 is 0 Å². The quantitative estimate of drug-likeness (QED) is 0.845. The van der Waals surface area contributed by atoms with E-state index in [0.717, 1.165) is 28.3 Å². The molecule has 24 heavy (non-hydrogen) atoms. The maximum absolute atomic E-state index is 12.2. The molecule has 3 heterocycles. The number of nitrogens with zero attached hydrogens (tertiary/aromatic N) is 2. The third kappa shape index (κ3) is 2.50. The van der Waals surface area contributed by atoms with E-state index in [1.807, 2.05) is 30.3 Å². The van der Waals surface area contributed by atoms with Crippen molar-refractivity contribution in [2.45, 2.75) is 25.8 Å². The average Bonchev–Trinajstić information content (AvgIpc) is 2.93. The summed E-state index contributed by atoms with van der Waals surface area (Å²) in [6, 6.07) is 9.84. The zero-order valence-electron chi connectivity index (χ0n) is 13.4. The smallest absolute Gasteiger partial charge is 0.224 e. The van der Waals surface area contributed by atoms with Crippen LogP contribution < -0.4 is 15.5 Å². The van der Waals surface area contributed by atoms with Crippen molar-refractivity contribution < 1.29 is 9.59 Å². The van der Waals surface area contributed by atoms with Gasteiger partial charge in [-0.05, 0) is 23.8 Å². The molecule has 2 aliphatic rings. The summed E-state index contributed by atoms with van der Waals surface area (Å²) in [7, 11) is 0. The number of nitrogens with one attached hydrogen (secondary N) is 2. The number of amides is 2. The van der Waals surface area contributed by atoms with Crippen molar-refractivity contribution in [2.75, 3.05) is 16.8 Å². The first kappa shape index (κ1) is 14.7. The van der Waals surface area contributed by atoms with E-state index in [9.17, 15) is 9.59 Å². The van der Waals surface area contributed by atoms with Crippen molar-refractivity contribution in [1.29, 1.82) is 0 Å². The Morgan fingerprint density at radius 1 is 1.33 bits per heavy atom. The zero-order valence-corrected chi connectivity index (χ0v) is 13.4. The molecule has 4 rings (SSSR count). The number of carbonyl (C=O) groups excluding carboxylic acids is 2. The van der Waals surface area contributed by atoms with E-state index in [4.69, 9.17) is 0 Å². The van der Waals surface area contributed by atoms with Crippen LogP contribution in [0, 0.1) is 0 Å². The second-order valence-corrected chi connectivity index (χ2v) is 6.22. The molecule has 2 N–H and O–H groups in total. The topological polar surface area (TPSA) is 74.3 Å². The summed E-state index contributed by atoms with van der Waals surface area (Å²) >= 11 is 0. The van der Waals surface area contributed by atoms with E-state index in [0.29, 0.717) is 19.5 Å². The summed E-state index contributed by atoms with van der Waals surface area (Å²) in [5, 5.41) is 6.19. The Kier molecular flexibility index (Phi) is 3.45. The van der Waals surface area contributed by atoms with Crippen molar-refractivity contribution >= 4 is 29.0 Å². The van der Waals surface area contributed by atoms with Gasteiger partial charge in [-0.3, -0.25) is 9.59 Å². The van der Waals surface area contributed by atoms with E-state index >= 15 is 0 Å². The number of hydrogen-bond donors (Lipinski definition) is 2. The van der Waals surface area contributed by atoms with E-state index in [1.54, 1.807) is 18.0 Å². The van der Waals surface area contributed by atoms with Crippen molar-refractivity contribution in [2.24, 2.45) is 0 Å². The minimum absolute atomic E-state index is 0.0208. The zero-order chi connectivity index (χ0) is 16.7. The molecule has 1 atom stereocenters. The Balaban J connectivity index is 1.78. The second kappa shape index (κ2) is 5.63. The summed E-state index contributed by atoms with van der Waals surface area (Å²) in [6.45, 7) is 2.69. The van der Waals surface area contributed by atoms with Gasteiger partial charge in [0, 0.05) is 37.6 Å². The fourth-order valence-electron chi connectivity index (χ4n) is 3.32. The van der Waals surface area contributed by atoms with Gasteiger partial charge in [0.05, 0.1) is 17.9 Å². The summed E-state index contributed by atoms with van der Waals surface area (Å²) in [4.78, 5) is 29.8. The van der Waals surface area contributed by atoms with Crippen LogP contribution in [0.25, 0.3) is 0 Å². The molecule has 6 nitrogen and oxygen atoms in total. The molecule has 2 aliphatic heterocycles. The van der Waals surface area contributed by atoms with Gasteiger partial charge in [-0.15, -0.1) is 0 Å². The summed E-state index contributed by atoms with van der Waals surface area (Å²) < 4.78 is 0. The molecule has 2 aromatic rings. The Morgan fingerprint density at radius 3 is 2.96 bits per heavy atom. The highest BCUT2D eigenvalue weighted by Gasteiger charge is 2.27. The van der Waals surface area contributed by atoms with Gasteiger partial charge in [0.15, 0.2) is 0 Å². The summed E-state index contributed by atoms with van der Waals surface area (Å²) in [6.07, 6.45) is 2.23. The molecule has 1 aromatic carbocycles. The number of hydrogen-bond acceptors (Lipinski definition) is 4. The predicted octanol–water partition coefficient (Wildman–Crippen LogP) is 2.30. The van der Waals surface area contributed by atoms with Gasteiger partial charge in [-0.1, -0.05) is 12.1 Å². The van der Waals surface area contributed by atoms with Gasteiger partial charge in [0.25, 0.3) is 0 Å². The molecule has 122 valence electrons. The Bertz CT molecular complexity index is 834. The van der Waals surface area contributed by atoms with E-state index in [2.05, 4.69) is 15.6 Å². The van der Waals surface area contributed by atoms with Crippen LogP contribution in [0.4, 0.5) is 17.2 Å². The lowest BCUT2D eigenvalue weighted by molar-refractivity contribution is -0.119. The first-order chi connectivity index (χ1) is 11.6. The molecule has 1 saturated heterocycles. The molecular weight excluding hydrogens is 304 g/mol. The number of pyridine rings is 1. The number of aromatic nitrogens is 1. The van der Waals surface area contributed by atoms with Gasteiger partial charge < -0.3 is 15.5 Å². The molecule has 0 radical (unpaired) electrons. The molecule has 1 unspecified atom stereocenters. The monoisotopic (exact) mass is 322 g/mol. The highest BCUT2D eigenvalue weighted by Crippen LogP contribution is 2.37.